The van der Waals surface area contributed by atoms with E-state index in [4.69, 9.17) is 27.9 Å². The molecule has 2 aromatic rings. The summed E-state index contributed by atoms with van der Waals surface area (Å²) in [6.45, 7) is 3.58. The third-order valence-electron chi connectivity index (χ3n) is 4.01. The minimum absolute atomic E-state index is 0.134. The summed E-state index contributed by atoms with van der Waals surface area (Å²) in [5, 5.41) is 4.02. The molecule has 5 nitrogen and oxygen atoms in total. The molecule has 0 bridgehead atoms. The molecule has 0 radical (unpaired) electrons. The van der Waals surface area contributed by atoms with Crippen LogP contribution in [0.4, 0.5) is 5.69 Å². The number of benzene rings is 1. The lowest BCUT2D eigenvalue weighted by Crippen LogP contribution is -2.39. The molecule has 1 saturated heterocycles. The first kappa shape index (κ1) is 17.8. The second-order valence-electron chi connectivity index (χ2n) is 5.97. The fourth-order valence-electron chi connectivity index (χ4n) is 2.73. The predicted molar refractivity (Wildman–Crippen MR) is 99.7 cm³/mol. The van der Waals surface area contributed by atoms with Gasteiger partial charge in [-0.05, 0) is 50.1 Å². The van der Waals surface area contributed by atoms with Crippen molar-refractivity contribution in [3.63, 3.8) is 0 Å². The Morgan fingerprint density at radius 2 is 1.92 bits per heavy atom. The molecule has 132 valence electrons. The third-order valence-corrected chi connectivity index (χ3v) is 4.49. The topological polar surface area (TPSA) is 54.5 Å². The molecule has 1 N–H and O–H groups in total. The SMILES string of the molecule is C[C@H](Nc1ccc(Oc2ncc(Cl)cc2Cl)cc1)C(=O)N1CCCC1. The number of nitrogens with one attached hydrogen (secondary N) is 1. The number of ether oxygens (including phenoxy) is 1. The van der Waals surface area contributed by atoms with Gasteiger partial charge in [0, 0.05) is 25.0 Å². The summed E-state index contributed by atoms with van der Waals surface area (Å²) in [6, 6.07) is 8.61. The van der Waals surface area contributed by atoms with Gasteiger partial charge in [-0.15, -0.1) is 0 Å². The molecule has 0 saturated carbocycles. The molecule has 0 aliphatic carbocycles. The average molecular weight is 380 g/mol. The monoisotopic (exact) mass is 379 g/mol. The number of aromatic nitrogens is 1. The van der Waals surface area contributed by atoms with Crippen molar-refractivity contribution in [3.05, 3.63) is 46.6 Å². The van der Waals surface area contributed by atoms with Crippen LogP contribution in [0.2, 0.25) is 10.0 Å². The van der Waals surface area contributed by atoms with Crippen molar-refractivity contribution < 1.29 is 9.53 Å². The van der Waals surface area contributed by atoms with Crippen LogP contribution in [0, 0.1) is 0 Å². The second kappa shape index (κ2) is 7.93. The Kier molecular flexibility index (Phi) is 5.66. The number of nitrogens with zero attached hydrogens (tertiary/aromatic N) is 2. The van der Waals surface area contributed by atoms with Gasteiger partial charge in [-0.3, -0.25) is 4.79 Å². The number of hydrogen-bond acceptors (Lipinski definition) is 4. The van der Waals surface area contributed by atoms with E-state index < -0.39 is 0 Å². The molecule has 1 aliphatic rings. The van der Waals surface area contributed by atoms with Crippen molar-refractivity contribution in [1.82, 2.24) is 9.88 Å². The fraction of sp³-hybridized carbons (Fsp3) is 0.333. The maximum Gasteiger partial charge on any atom is 0.244 e. The van der Waals surface area contributed by atoms with E-state index in [2.05, 4.69) is 10.3 Å². The van der Waals surface area contributed by atoms with Crippen LogP contribution in [0.1, 0.15) is 19.8 Å². The predicted octanol–water partition coefficient (Wildman–Crippen LogP) is 4.60. The van der Waals surface area contributed by atoms with Gasteiger partial charge in [-0.25, -0.2) is 4.98 Å². The van der Waals surface area contributed by atoms with Gasteiger partial charge in [-0.2, -0.15) is 0 Å². The first-order valence-corrected chi connectivity index (χ1v) is 8.93. The Hall–Kier alpha value is -1.98. The van der Waals surface area contributed by atoms with E-state index in [0.717, 1.165) is 31.6 Å². The Morgan fingerprint density at radius 3 is 2.56 bits per heavy atom. The highest BCUT2D eigenvalue weighted by molar-refractivity contribution is 6.35. The Balaban J connectivity index is 1.60. The molecule has 25 heavy (non-hydrogen) atoms. The lowest BCUT2D eigenvalue weighted by molar-refractivity contribution is -0.130. The standard InChI is InChI=1S/C18H19Cl2N3O2/c1-12(18(24)23-8-2-3-9-23)22-14-4-6-15(7-5-14)25-17-16(20)10-13(19)11-21-17/h4-7,10-12,22H,2-3,8-9H2,1H3/t12-/m0/s1. The maximum atomic E-state index is 12.3. The van der Waals surface area contributed by atoms with Crippen LogP contribution in [-0.2, 0) is 4.79 Å². The van der Waals surface area contributed by atoms with Crippen LogP contribution < -0.4 is 10.1 Å². The quantitative estimate of drug-likeness (QED) is 0.824. The van der Waals surface area contributed by atoms with E-state index in [9.17, 15) is 4.79 Å². The van der Waals surface area contributed by atoms with Crippen molar-refractivity contribution in [2.45, 2.75) is 25.8 Å². The van der Waals surface area contributed by atoms with E-state index in [0.29, 0.717) is 21.7 Å². The molecule has 1 fully saturated rings. The average Bonchev–Trinajstić information content (AvgIpc) is 3.13. The zero-order valence-electron chi connectivity index (χ0n) is 13.8. The molecule has 1 amide bonds. The minimum atomic E-state index is -0.266. The van der Waals surface area contributed by atoms with Gasteiger partial charge in [0.2, 0.25) is 11.8 Å². The summed E-state index contributed by atoms with van der Waals surface area (Å²) >= 11 is 11.9. The first-order valence-electron chi connectivity index (χ1n) is 8.17. The van der Waals surface area contributed by atoms with E-state index >= 15 is 0 Å². The van der Waals surface area contributed by atoms with Crippen LogP contribution in [-0.4, -0.2) is 34.9 Å². The number of anilines is 1. The summed E-state index contributed by atoms with van der Waals surface area (Å²) in [7, 11) is 0. The van der Waals surface area contributed by atoms with Gasteiger partial charge < -0.3 is 15.0 Å². The summed E-state index contributed by atoms with van der Waals surface area (Å²) in [4.78, 5) is 18.3. The molecule has 1 aliphatic heterocycles. The van der Waals surface area contributed by atoms with Crippen LogP contribution in [0.5, 0.6) is 11.6 Å². The number of halogens is 2. The molecule has 2 heterocycles. The highest BCUT2D eigenvalue weighted by Crippen LogP contribution is 2.29. The van der Waals surface area contributed by atoms with E-state index in [1.807, 2.05) is 24.0 Å². The number of carbonyl (C=O) groups excluding carboxylic acids is 1. The molecule has 7 heteroatoms. The summed E-state index contributed by atoms with van der Waals surface area (Å²) < 4.78 is 5.65. The Bertz CT molecular complexity index is 746. The largest absolute Gasteiger partial charge is 0.438 e. The van der Waals surface area contributed by atoms with E-state index in [1.54, 1.807) is 18.2 Å². The summed E-state index contributed by atoms with van der Waals surface area (Å²) in [5.74, 6) is 1.03. The van der Waals surface area contributed by atoms with Crippen LogP contribution in [0.25, 0.3) is 0 Å². The van der Waals surface area contributed by atoms with Crippen LogP contribution >= 0.6 is 23.2 Å². The highest BCUT2D eigenvalue weighted by atomic mass is 35.5. The van der Waals surface area contributed by atoms with Crippen molar-refractivity contribution >= 4 is 34.8 Å². The Labute approximate surface area is 156 Å². The number of hydrogen-bond donors (Lipinski definition) is 1. The van der Waals surface area contributed by atoms with Crippen molar-refractivity contribution in [3.8, 4) is 11.6 Å². The molecule has 1 aromatic carbocycles. The molecule has 0 unspecified atom stereocenters. The lowest BCUT2D eigenvalue weighted by Gasteiger charge is -2.22. The van der Waals surface area contributed by atoms with Crippen molar-refractivity contribution in [2.75, 3.05) is 18.4 Å². The number of likely N-dealkylation sites (tertiary alicyclic amines) is 1. The molecule has 1 aromatic heterocycles. The molecular formula is C18H19Cl2N3O2. The summed E-state index contributed by atoms with van der Waals surface area (Å²) in [6.07, 6.45) is 3.65. The van der Waals surface area contributed by atoms with Crippen molar-refractivity contribution in [1.29, 1.82) is 0 Å². The van der Waals surface area contributed by atoms with E-state index in [1.165, 1.54) is 6.20 Å². The van der Waals surface area contributed by atoms with Gasteiger partial charge >= 0.3 is 0 Å². The van der Waals surface area contributed by atoms with Gasteiger partial charge in [0.05, 0.1) is 5.02 Å². The number of carbonyl (C=O) groups is 1. The number of rotatable bonds is 5. The molecule has 1 atom stereocenters. The van der Waals surface area contributed by atoms with E-state index in [-0.39, 0.29) is 11.9 Å². The van der Waals surface area contributed by atoms with Crippen LogP contribution in [0.3, 0.4) is 0 Å². The zero-order chi connectivity index (χ0) is 17.8. The van der Waals surface area contributed by atoms with Crippen LogP contribution in [0.15, 0.2) is 36.5 Å². The molecular weight excluding hydrogens is 361 g/mol. The van der Waals surface area contributed by atoms with Gasteiger partial charge in [0.15, 0.2) is 0 Å². The lowest BCUT2D eigenvalue weighted by atomic mass is 10.2. The third kappa shape index (κ3) is 4.55. The normalized spacial score (nSPS) is 15.1. The fourth-order valence-corrected chi connectivity index (χ4v) is 3.15. The Morgan fingerprint density at radius 1 is 1.24 bits per heavy atom. The molecule has 3 rings (SSSR count). The van der Waals surface area contributed by atoms with Crippen molar-refractivity contribution in [2.24, 2.45) is 0 Å². The zero-order valence-corrected chi connectivity index (χ0v) is 15.3. The smallest absolute Gasteiger partial charge is 0.244 e. The maximum absolute atomic E-state index is 12.3. The van der Waals surface area contributed by atoms with Gasteiger partial charge in [0.25, 0.3) is 0 Å². The first-order chi connectivity index (χ1) is 12.0. The summed E-state index contributed by atoms with van der Waals surface area (Å²) in [5.41, 5.74) is 0.850. The highest BCUT2D eigenvalue weighted by Gasteiger charge is 2.22. The number of pyridine rings is 1. The minimum Gasteiger partial charge on any atom is -0.438 e. The van der Waals surface area contributed by atoms with Gasteiger partial charge in [0.1, 0.15) is 16.8 Å². The molecule has 0 spiro atoms. The van der Waals surface area contributed by atoms with Gasteiger partial charge in [-0.1, -0.05) is 23.2 Å². The number of amides is 1. The second-order valence-corrected chi connectivity index (χ2v) is 6.81.